The number of carboxylic acid groups (broad SMARTS) is 1. The minimum atomic E-state index is -1.79. The van der Waals surface area contributed by atoms with E-state index in [-0.39, 0.29) is 81.0 Å². The van der Waals surface area contributed by atoms with Gasteiger partial charge in [0.15, 0.2) is 0 Å². The Bertz CT molecular complexity index is 3200. The molecular weight excluding hydrogens is 1340 g/mol. The number of fused-ring (bicyclic) bond motifs is 9. The van der Waals surface area contributed by atoms with E-state index in [1.807, 2.05) is 0 Å². The van der Waals surface area contributed by atoms with E-state index in [4.69, 9.17) is 17.2 Å². The fourth-order valence-electron chi connectivity index (χ4n) is 9.90. The normalized spacial score (nSPS) is 26.1. The van der Waals surface area contributed by atoms with Crippen LogP contribution in [0, 0.1) is 0 Å². The molecule has 2 bridgehead atoms. The third kappa shape index (κ3) is 24.3. The number of rotatable bonds is 17. The summed E-state index contributed by atoms with van der Waals surface area (Å²) in [5.41, 5.74) is 18.9. The molecule has 0 radical (unpaired) electrons. The Kier molecular flexibility index (Phi) is 31.0. The Morgan fingerprint density at radius 1 is 0.646 bits per heavy atom. The summed E-state index contributed by atoms with van der Waals surface area (Å²) in [5.74, 6) is -15.1. The highest BCUT2D eigenvalue weighted by Crippen LogP contribution is 2.26. The third-order valence-electron chi connectivity index (χ3n) is 15.2. The molecule has 2 aromatic heterocycles. The first-order chi connectivity index (χ1) is 45.9. The first kappa shape index (κ1) is 76.5. The van der Waals surface area contributed by atoms with Crippen molar-refractivity contribution in [2.75, 3.05) is 49.3 Å². The zero-order chi connectivity index (χ0) is 69.8. The molecule has 5 heterocycles. The van der Waals surface area contributed by atoms with E-state index in [1.165, 1.54) is 36.9 Å². The number of aliphatic hydroxyl groups excluding tert-OH is 1. The molecule has 3 aliphatic rings. The van der Waals surface area contributed by atoms with Gasteiger partial charge in [-0.2, -0.15) is 0 Å². The molecule has 2 unspecified atom stereocenters. The number of benzene rings is 1. The minimum Gasteiger partial charge on any atom is -0.481 e. The molecule has 13 amide bonds. The van der Waals surface area contributed by atoms with Crippen molar-refractivity contribution in [3.8, 4) is 0 Å². The van der Waals surface area contributed by atoms with Gasteiger partial charge in [0, 0.05) is 79.0 Å². The minimum absolute atomic E-state index is 0.0144. The predicted molar refractivity (Wildman–Crippen MR) is 351 cm³/mol. The van der Waals surface area contributed by atoms with Crippen LogP contribution in [0.4, 0.5) is 0 Å². The summed E-state index contributed by atoms with van der Waals surface area (Å²) in [6.07, 6.45) is 4.85. The SMILES string of the molecule is C[C@@H]1NC(=O)[C@@H]2CCCN2C(=O)[C@H](Cc2cnc[nH]2)NC(=O)[C@@H]2CSSCC(C(N)=O)NC(=O)[C@H](CO)NC(=O)[C@H](Cc3ccccc3)NC(=O)C(Cc3cnc[nH]3)NC(=O)[C@H](CCCCN)NC(=O)CNC(=O)[C@H](CSSC[C@H](NC(=O)[C@@H](N)CCC(=O)O)C(=O)N2)NC1=O. The summed E-state index contributed by atoms with van der Waals surface area (Å²) in [4.78, 5) is 211. The number of aromatic amines is 2. The average molecular weight is 1420 g/mol. The number of imidazole rings is 2. The van der Waals surface area contributed by atoms with Crippen molar-refractivity contribution >= 4 is 126 Å². The molecule has 96 heavy (non-hydrogen) atoms. The van der Waals surface area contributed by atoms with Crippen LogP contribution in [-0.2, 0) is 86.4 Å². The molecule has 35 nitrogen and oxygen atoms in total. The number of aromatic nitrogens is 4. The smallest absolute Gasteiger partial charge is 0.303 e. The summed E-state index contributed by atoms with van der Waals surface area (Å²) < 4.78 is 0. The predicted octanol–water partition coefficient (Wildman–Crippen LogP) is -6.28. The van der Waals surface area contributed by atoms with Crippen molar-refractivity contribution in [1.29, 1.82) is 0 Å². The van der Waals surface area contributed by atoms with Gasteiger partial charge < -0.3 is 101 Å². The van der Waals surface area contributed by atoms with Gasteiger partial charge in [-0.3, -0.25) is 67.1 Å². The number of H-pyrrole nitrogens is 2. The second kappa shape index (κ2) is 38.9. The Morgan fingerprint density at radius 2 is 1.22 bits per heavy atom. The van der Waals surface area contributed by atoms with E-state index >= 15 is 0 Å². The Balaban J connectivity index is 1.42. The van der Waals surface area contributed by atoms with Crippen molar-refractivity contribution < 1.29 is 77.3 Å². The number of nitrogens with two attached hydrogens (primary N) is 3. The van der Waals surface area contributed by atoms with Crippen molar-refractivity contribution in [1.82, 2.24) is 83.3 Å². The van der Waals surface area contributed by atoms with Gasteiger partial charge in [0.05, 0.1) is 31.8 Å². The van der Waals surface area contributed by atoms with Gasteiger partial charge in [0.1, 0.15) is 66.5 Å². The lowest BCUT2D eigenvalue weighted by Gasteiger charge is -2.30. The van der Waals surface area contributed by atoms with Gasteiger partial charge in [-0.15, -0.1) is 0 Å². The molecule has 3 saturated heterocycles. The number of nitrogens with one attached hydrogen (secondary N) is 13. The number of carboxylic acids is 1. The van der Waals surface area contributed by atoms with Crippen molar-refractivity contribution in [3.63, 3.8) is 0 Å². The molecule has 524 valence electrons. The maximum absolute atomic E-state index is 14.8. The molecule has 6 rings (SSSR count). The van der Waals surface area contributed by atoms with Crippen LogP contribution in [-0.4, -0.2) is 240 Å². The average Bonchev–Trinajstić information content (AvgIpc) is 1.60. The standard InChI is InChI=1S/C57H81N19O16S4/c1-29-47(82)73-40-24-94-96-25-41(74-48(83)33(59)12-13-45(79)80)55(90)75-42(54(89)70-37(18-32-20-62-28-65-32)57(92)76-15-7-11-43(76)56(91)66-29)26-95-93-23-39(46(60)81)72-53(88)38(22-77)71-51(86)35(16-30-8-3-2-4-9-30)68-52(87)36(17-31-19-61-27-64-31)69-50(85)34(10-5-6-14-58)67-44(78)21-63-49(40)84/h2-4,8-9,19-20,27-29,33-43,77H,5-7,10-18,21-26,58-59H2,1H3,(H2,60,81)(H,61,64)(H,62,65)(H,63,84)(H,66,91)(H,67,78)(H,68,87)(H,69,85)(H,70,89)(H,71,86)(H,72,88)(H,73,82)(H,74,83)(H,75,90)(H,79,80)/t29-,33-,34-,35-,36?,37-,38-,39?,40-,41-,42-,43-/m0/s1. The van der Waals surface area contributed by atoms with Crippen LogP contribution in [0.15, 0.2) is 55.4 Å². The topological polar surface area (TPSA) is 550 Å². The third-order valence-corrected chi connectivity index (χ3v) is 20.1. The highest BCUT2D eigenvalue weighted by atomic mass is 33.1. The number of primary amides is 1. The molecule has 0 spiro atoms. The number of unbranched alkanes of at least 4 members (excludes halogenated alkanes) is 1. The van der Waals surface area contributed by atoms with E-state index in [9.17, 15) is 77.3 Å². The van der Waals surface area contributed by atoms with Gasteiger partial charge in [-0.25, -0.2) is 9.97 Å². The number of aliphatic hydroxyl groups is 1. The van der Waals surface area contributed by atoms with E-state index in [2.05, 4.69) is 78.4 Å². The fourth-order valence-corrected chi connectivity index (χ4v) is 14.6. The zero-order valence-corrected chi connectivity index (χ0v) is 55.4. The molecule has 1 aromatic carbocycles. The maximum Gasteiger partial charge on any atom is 0.303 e. The number of amides is 13. The molecule has 39 heteroatoms. The second-order valence-corrected chi connectivity index (χ2v) is 27.6. The largest absolute Gasteiger partial charge is 0.481 e. The number of hydrogen-bond donors (Lipinski definition) is 18. The summed E-state index contributed by atoms with van der Waals surface area (Å²) in [6, 6.07) is -9.69. The maximum atomic E-state index is 14.8. The number of carbonyl (C=O) groups is 14. The monoisotopic (exact) mass is 1420 g/mol. The van der Waals surface area contributed by atoms with E-state index < -0.39 is 175 Å². The Morgan fingerprint density at radius 3 is 1.83 bits per heavy atom. The van der Waals surface area contributed by atoms with Crippen molar-refractivity contribution in [2.24, 2.45) is 17.2 Å². The van der Waals surface area contributed by atoms with Gasteiger partial charge in [-0.1, -0.05) is 73.5 Å². The second-order valence-electron chi connectivity index (χ2n) is 22.5. The number of carbonyl (C=O) groups excluding carboxylic acids is 13. The molecule has 0 saturated carbocycles. The van der Waals surface area contributed by atoms with Crippen LogP contribution < -0.4 is 75.7 Å². The Labute approximate surface area is 566 Å². The lowest BCUT2D eigenvalue weighted by atomic mass is 10.0. The molecule has 3 fully saturated rings. The van der Waals surface area contributed by atoms with Crippen LogP contribution in [0.1, 0.15) is 68.8 Å². The number of hydrogen-bond acceptors (Lipinski definition) is 23. The van der Waals surface area contributed by atoms with Gasteiger partial charge >= 0.3 is 5.97 Å². The first-order valence-electron chi connectivity index (χ1n) is 30.6. The molecule has 3 aliphatic heterocycles. The van der Waals surface area contributed by atoms with Crippen molar-refractivity contribution in [2.45, 2.75) is 144 Å². The number of aliphatic carboxylic acids is 1. The lowest BCUT2D eigenvalue weighted by Crippen LogP contribution is -2.61. The van der Waals surface area contributed by atoms with Crippen LogP contribution in [0.2, 0.25) is 0 Å². The summed E-state index contributed by atoms with van der Waals surface area (Å²) >= 11 is 0. The Hall–Kier alpha value is -8.50. The molecular formula is C57H81N19O16S4. The van der Waals surface area contributed by atoms with Crippen LogP contribution >= 0.6 is 43.2 Å². The van der Waals surface area contributed by atoms with E-state index in [1.54, 1.807) is 30.3 Å². The highest BCUT2D eigenvalue weighted by molar-refractivity contribution is 8.77. The van der Waals surface area contributed by atoms with Crippen molar-refractivity contribution in [3.05, 3.63) is 72.3 Å². The van der Waals surface area contributed by atoms with Crippen LogP contribution in [0.5, 0.6) is 0 Å². The molecule has 21 N–H and O–H groups in total. The lowest BCUT2D eigenvalue weighted by molar-refractivity contribution is -0.142. The quantitative estimate of drug-likeness (QED) is 0.0442. The zero-order valence-electron chi connectivity index (χ0n) is 52.2. The van der Waals surface area contributed by atoms with Crippen LogP contribution in [0.3, 0.4) is 0 Å². The van der Waals surface area contributed by atoms with Gasteiger partial charge in [0.25, 0.3) is 0 Å². The molecule has 12 atom stereocenters. The highest BCUT2D eigenvalue weighted by Gasteiger charge is 2.41. The van der Waals surface area contributed by atoms with Gasteiger partial charge in [0.2, 0.25) is 76.8 Å². The van der Waals surface area contributed by atoms with Gasteiger partial charge in [-0.05, 0) is 57.6 Å². The summed E-state index contributed by atoms with van der Waals surface area (Å²) in [7, 11) is 3.48. The first-order valence-corrected chi connectivity index (χ1v) is 35.6. The van der Waals surface area contributed by atoms with E-state index in [0.29, 0.717) is 29.8 Å². The number of nitrogens with zero attached hydrogens (tertiary/aromatic N) is 3. The van der Waals surface area contributed by atoms with Crippen LogP contribution in [0.25, 0.3) is 0 Å². The molecule has 0 aliphatic carbocycles. The summed E-state index contributed by atoms with van der Waals surface area (Å²) in [6.45, 7) is -0.331. The molecule has 3 aromatic rings. The van der Waals surface area contributed by atoms with E-state index in [0.717, 1.165) is 43.2 Å². The summed E-state index contributed by atoms with van der Waals surface area (Å²) in [5, 5.41) is 48.0. The fraction of sp³-hybridized carbons (Fsp3) is 0.544.